The van der Waals surface area contributed by atoms with E-state index in [-0.39, 0.29) is 0 Å². The Morgan fingerprint density at radius 2 is 2.00 bits per heavy atom. The van der Waals surface area contributed by atoms with Crippen LogP contribution in [-0.4, -0.2) is 0 Å². The molecule has 2 aromatic rings. The number of fused-ring (bicyclic) bond motifs is 1. The number of benzene rings is 1. The second-order valence-electron chi connectivity index (χ2n) is 5.31. The van der Waals surface area contributed by atoms with Crippen LogP contribution in [0.3, 0.4) is 0 Å². The molecule has 1 aromatic carbocycles. The fourth-order valence-electron chi connectivity index (χ4n) is 2.50. The van der Waals surface area contributed by atoms with Crippen molar-refractivity contribution in [1.29, 1.82) is 0 Å². The lowest BCUT2D eigenvalue weighted by molar-refractivity contribution is 0.535. The van der Waals surface area contributed by atoms with Gasteiger partial charge in [-0.1, -0.05) is 29.8 Å². The Hall–Kier alpha value is -0.800. The molecule has 0 saturated carbocycles. The Morgan fingerprint density at radius 3 is 2.56 bits per heavy atom. The van der Waals surface area contributed by atoms with Crippen LogP contribution in [0.25, 0.3) is 11.0 Å². The number of nitrogens with two attached hydrogens (primary N) is 1. The van der Waals surface area contributed by atoms with Gasteiger partial charge < -0.3 is 10.2 Å². The van der Waals surface area contributed by atoms with Crippen molar-refractivity contribution >= 4 is 26.9 Å². The first-order chi connectivity index (χ1) is 8.45. The van der Waals surface area contributed by atoms with Crippen LogP contribution < -0.4 is 5.73 Å². The normalized spacial score (nSPS) is 11.7. The Balaban J connectivity index is 2.76. The average Bonchev–Trinajstić information content (AvgIpc) is 2.63. The summed E-state index contributed by atoms with van der Waals surface area (Å²) in [6, 6.07) is 2.09. The van der Waals surface area contributed by atoms with Crippen molar-refractivity contribution in [2.45, 2.75) is 40.7 Å². The number of furan rings is 1. The van der Waals surface area contributed by atoms with Crippen LogP contribution in [0.1, 0.15) is 36.3 Å². The van der Waals surface area contributed by atoms with Gasteiger partial charge in [-0.2, -0.15) is 0 Å². The zero-order valence-electron chi connectivity index (χ0n) is 11.4. The number of hydrogen-bond donors (Lipinski definition) is 1. The molecule has 2 nitrogen and oxygen atoms in total. The molecule has 0 unspecified atom stereocenters. The third-order valence-corrected chi connectivity index (χ3v) is 4.53. The highest BCUT2D eigenvalue weighted by Gasteiger charge is 2.18. The van der Waals surface area contributed by atoms with E-state index in [1.807, 2.05) is 0 Å². The quantitative estimate of drug-likeness (QED) is 0.908. The molecule has 1 aromatic heterocycles. The van der Waals surface area contributed by atoms with Gasteiger partial charge in [0.25, 0.3) is 0 Å². The van der Waals surface area contributed by atoms with Crippen molar-refractivity contribution in [3.8, 4) is 0 Å². The lowest BCUT2D eigenvalue weighted by Crippen LogP contribution is -2.02. The molecule has 2 rings (SSSR count). The molecule has 0 saturated heterocycles. The van der Waals surface area contributed by atoms with Crippen molar-refractivity contribution in [2.75, 3.05) is 0 Å². The fourth-order valence-corrected chi connectivity index (χ4v) is 2.81. The monoisotopic (exact) mass is 309 g/mol. The Morgan fingerprint density at radius 1 is 1.33 bits per heavy atom. The third kappa shape index (κ3) is 2.21. The van der Waals surface area contributed by atoms with Gasteiger partial charge in [0.1, 0.15) is 11.3 Å². The van der Waals surface area contributed by atoms with Gasteiger partial charge in [0.2, 0.25) is 0 Å². The first-order valence-corrected chi connectivity index (χ1v) is 7.15. The van der Waals surface area contributed by atoms with E-state index < -0.39 is 0 Å². The van der Waals surface area contributed by atoms with E-state index in [1.165, 1.54) is 26.5 Å². The van der Waals surface area contributed by atoms with E-state index in [2.05, 4.69) is 49.7 Å². The summed E-state index contributed by atoms with van der Waals surface area (Å²) in [4.78, 5) is 0. The summed E-state index contributed by atoms with van der Waals surface area (Å²) in [5, 5.41) is 1.24. The average molecular weight is 310 g/mol. The molecule has 0 spiro atoms. The summed E-state index contributed by atoms with van der Waals surface area (Å²) >= 11 is 3.66. The van der Waals surface area contributed by atoms with Gasteiger partial charge in [0.15, 0.2) is 0 Å². The van der Waals surface area contributed by atoms with Gasteiger partial charge in [-0.3, -0.25) is 0 Å². The molecule has 0 bridgehead atoms. The van der Waals surface area contributed by atoms with Gasteiger partial charge in [-0.25, -0.2) is 0 Å². The summed E-state index contributed by atoms with van der Waals surface area (Å²) < 4.78 is 7.09. The van der Waals surface area contributed by atoms with Crippen molar-refractivity contribution < 1.29 is 4.42 Å². The highest BCUT2D eigenvalue weighted by Crippen LogP contribution is 2.36. The molecule has 0 atom stereocenters. The minimum absolute atomic E-state index is 0.465. The number of aryl methyl sites for hydroxylation is 2. The van der Waals surface area contributed by atoms with Crippen LogP contribution in [0, 0.1) is 19.8 Å². The van der Waals surface area contributed by atoms with E-state index in [4.69, 9.17) is 10.2 Å². The zero-order chi connectivity index (χ0) is 13.4. The fraction of sp³-hybridized carbons (Fsp3) is 0.467. The van der Waals surface area contributed by atoms with Crippen LogP contribution in [0.4, 0.5) is 0 Å². The lowest BCUT2D eigenvalue weighted by Gasteiger charge is -2.08. The largest absolute Gasteiger partial charge is 0.459 e. The highest BCUT2D eigenvalue weighted by molar-refractivity contribution is 9.10. The SMILES string of the molecule is Cc1cc2oc(CN)c(CC(C)C)c2c(C)c1Br. The van der Waals surface area contributed by atoms with Crippen LogP contribution in [0.15, 0.2) is 15.0 Å². The highest BCUT2D eigenvalue weighted by atomic mass is 79.9. The minimum Gasteiger partial charge on any atom is -0.459 e. The molecule has 0 radical (unpaired) electrons. The number of hydrogen-bond acceptors (Lipinski definition) is 2. The van der Waals surface area contributed by atoms with Crippen molar-refractivity contribution in [3.05, 3.63) is 33.0 Å². The molecule has 0 aliphatic carbocycles. The van der Waals surface area contributed by atoms with E-state index in [0.29, 0.717) is 12.5 Å². The summed E-state index contributed by atoms with van der Waals surface area (Å²) in [5.41, 5.74) is 10.5. The Kier molecular flexibility index (Phi) is 3.83. The molecule has 0 fully saturated rings. The predicted octanol–water partition coefficient (Wildman–Crippen LogP) is 4.47. The van der Waals surface area contributed by atoms with Gasteiger partial charge in [0.05, 0.1) is 6.54 Å². The summed E-state index contributed by atoms with van der Waals surface area (Å²) in [7, 11) is 0. The van der Waals surface area contributed by atoms with E-state index in [9.17, 15) is 0 Å². The third-order valence-electron chi connectivity index (χ3n) is 3.31. The Bertz CT molecular complexity index is 584. The maximum atomic E-state index is 5.92. The van der Waals surface area contributed by atoms with E-state index >= 15 is 0 Å². The molecular weight excluding hydrogens is 290 g/mol. The molecule has 0 aliphatic rings. The summed E-state index contributed by atoms with van der Waals surface area (Å²) in [6.45, 7) is 9.13. The van der Waals surface area contributed by atoms with Gasteiger partial charge in [0, 0.05) is 15.4 Å². The topological polar surface area (TPSA) is 39.2 Å². The smallest absolute Gasteiger partial charge is 0.135 e. The first-order valence-electron chi connectivity index (χ1n) is 6.35. The summed E-state index contributed by atoms with van der Waals surface area (Å²) in [6.07, 6.45) is 1.01. The van der Waals surface area contributed by atoms with Crippen molar-refractivity contribution in [1.82, 2.24) is 0 Å². The maximum Gasteiger partial charge on any atom is 0.135 e. The van der Waals surface area contributed by atoms with Crippen molar-refractivity contribution in [3.63, 3.8) is 0 Å². The number of rotatable bonds is 3. The molecule has 18 heavy (non-hydrogen) atoms. The van der Waals surface area contributed by atoms with Gasteiger partial charge in [-0.15, -0.1) is 0 Å². The lowest BCUT2D eigenvalue weighted by atomic mass is 9.96. The van der Waals surface area contributed by atoms with E-state index in [0.717, 1.165) is 17.8 Å². The molecule has 1 heterocycles. The van der Waals surface area contributed by atoms with Crippen molar-refractivity contribution in [2.24, 2.45) is 11.7 Å². The molecule has 0 amide bonds. The molecule has 3 heteroatoms. The van der Waals surface area contributed by atoms with Crippen LogP contribution in [0.2, 0.25) is 0 Å². The minimum atomic E-state index is 0.465. The number of halogens is 1. The molecule has 2 N–H and O–H groups in total. The second kappa shape index (κ2) is 5.06. The van der Waals surface area contributed by atoms with Gasteiger partial charge in [-0.05, 0) is 43.4 Å². The van der Waals surface area contributed by atoms with E-state index in [1.54, 1.807) is 0 Å². The first kappa shape index (κ1) is 13.6. The summed E-state index contributed by atoms with van der Waals surface area (Å²) in [5.74, 6) is 1.52. The molecule has 98 valence electrons. The van der Waals surface area contributed by atoms with Crippen LogP contribution in [0.5, 0.6) is 0 Å². The van der Waals surface area contributed by atoms with Crippen LogP contribution in [-0.2, 0) is 13.0 Å². The maximum absolute atomic E-state index is 5.92. The molecule has 0 aliphatic heterocycles. The van der Waals surface area contributed by atoms with Gasteiger partial charge >= 0.3 is 0 Å². The zero-order valence-corrected chi connectivity index (χ0v) is 13.0. The van der Waals surface area contributed by atoms with Crippen LogP contribution >= 0.6 is 15.9 Å². The standard InChI is InChI=1S/C15H20BrNO/c1-8(2)5-11-13(7-17)18-12-6-9(3)15(16)10(4)14(11)12/h6,8H,5,7,17H2,1-4H3. The predicted molar refractivity (Wildman–Crippen MR) is 79.8 cm³/mol. The molecular formula is C15H20BrNO. The second-order valence-corrected chi connectivity index (χ2v) is 6.10. The Labute approximate surface area is 117 Å².